The van der Waals surface area contributed by atoms with Crippen LogP contribution in [0.4, 0.5) is 0 Å². The highest BCUT2D eigenvalue weighted by Gasteiger charge is 1.92. The summed E-state index contributed by atoms with van der Waals surface area (Å²) >= 11 is 0. The zero-order valence-electron chi connectivity index (χ0n) is 9.94. The molecule has 0 aromatic rings. The number of aliphatic hydroxyl groups excluding tert-OH is 1. The molecule has 0 amide bonds. The van der Waals surface area contributed by atoms with Crippen molar-refractivity contribution in [3.8, 4) is 0 Å². The fourth-order valence-electron chi connectivity index (χ4n) is 0.955. The van der Waals surface area contributed by atoms with Crippen LogP contribution < -0.4 is 0 Å². The summed E-state index contributed by atoms with van der Waals surface area (Å²) in [5, 5.41) is 8.43. The van der Waals surface area contributed by atoms with E-state index in [-0.39, 0.29) is 6.61 Å². The predicted molar refractivity (Wildman–Crippen MR) is 61.7 cm³/mol. The number of aliphatic hydroxyl groups is 1. The van der Waals surface area contributed by atoms with Crippen molar-refractivity contribution in [3.05, 3.63) is 0 Å². The Morgan fingerprint density at radius 3 is 2.00 bits per heavy atom. The molecule has 16 heavy (non-hydrogen) atoms. The maximum absolute atomic E-state index is 8.43. The molecule has 1 N–H and O–H groups in total. The average molecular weight is 250 g/mol. The monoisotopic (exact) mass is 250 g/mol. The Balaban J connectivity index is 2.83. The number of hydrogen-bond acceptors (Lipinski definition) is 5. The summed E-state index contributed by atoms with van der Waals surface area (Å²) in [5.41, 5.74) is 0. The highest BCUT2D eigenvalue weighted by Crippen LogP contribution is 1.90. The van der Waals surface area contributed by atoms with Gasteiger partial charge in [-0.3, -0.25) is 0 Å². The van der Waals surface area contributed by atoms with Gasteiger partial charge in [0.05, 0.1) is 39.6 Å². The lowest BCUT2D eigenvalue weighted by Gasteiger charge is -2.05. The van der Waals surface area contributed by atoms with Gasteiger partial charge in [0.25, 0.3) is 0 Å². The van der Waals surface area contributed by atoms with E-state index in [4.69, 9.17) is 23.7 Å². The van der Waals surface area contributed by atoms with Gasteiger partial charge in [-0.15, -0.1) is 0 Å². The normalized spacial score (nSPS) is 10.9. The summed E-state index contributed by atoms with van der Waals surface area (Å²) in [5.74, 6) is 0. The second-order valence-electron chi connectivity index (χ2n) is 3.01. The van der Waals surface area contributed by atoms with Crippen LogP contribution in [0.3, 0.4) is 0 Å². The zero-order valence-corrected chi connectivity index (χ0v) is 10.9. The van der Waals surface area contributed by atoms with E-state index in [9.17, 15) is 0 Å². The van der Waals surface area contributed by atoms with Gasteiger partial charge in [0, 0.05) is 13.7 Å². The van der Waals surface area contributed by atoms with Crippen LogP contribution in [0.1, 0.15) is 6.42 Å². The fraction of sp³-hybridized carbons (Fsp3) is 1.00. The lowest BCUT2D eigenvalue weighted by molar-refractivity contribution is 0.00779. The zero-order chi connectivity index (χ0) is 11.9. The van der Waals surface area contributed by atoms with E-state index in [1.165, 1.54) is 0 Å². The van der Waals surface area contributed by atoms with Crippen molar-refractivity contribution in [2.75, 3.05) is 53.4 Å². The van der Waals surface area contributed by atoms with Gasteiger partial charge >= 0.3 is 0 Å². The minimum Gasteiger partial charge on any atom is -0.421 e. The van der Waals surface area contributed by atoms with Crippen LogP contribution in [0.15, 0.2) is 0 Å². The standard InChI is InChI=1S/C10H22O5Si/c1-12-16-10-2-4-13-6-8-15-9-7-14-5-3-11/h11H,2-10H2,1H3. The minimum atomic E-state index is 0.0608. The molecule has 0 fully saturated rings. The largest absolute Gasteiger partial charge is 0.421 e. The molecule has 0 heterocycles. The Morgan fingerprint density at radius 2 is 1.44 bits per heavy atom. The molecule has 96 valence electrons. The Hall–Kier alpha value is 0.0169. The van der Waals surface area contributed by atoms with Gasteiger partial charge in [0.15, 0.2) is 0 Å². The maximum Gasteiger partial charge on any atom is 0.229 e. The second-order valence-corrected chi connectivity index (χ2v) is 4.21. The molecular weight excluding hydrogens is 228 g/mol. The smallest absolute Gasteiger partial charge is 0.229 e. The van der Waals surface area contributed by atoms with Gasteiger partial charge in [-0.2, -0.15) is 0 Å². The van der Waals surface area contributed by atoms with Gasteiger partial charge in [0.2, 0.25) is 9.76 Å². The van der Waals surface area contributed by atoms with E-state index >= 15 is 0 Å². The lowest BCUT2D eigenvalue weighted by Crippen LogP contribution is -2.11. The molecule has 0 spiro atoms. The van der Waals surface area contributed by atoms with Crippen LogP contribution >= 0.6 is 0 Å². The molecule has 0 aliphatic carbocycles. The van der Waals surface area contributed by atoms with Gasteiger partial charge in [-0.05, 0) is 12.5 Å². The molecule has 0 saturated carbocycles. The Labute approximate surface area is 100.0 Å². The van der Waals surface area contributed by atoms with Gasteiger partial charge in [0.1, 0.15) is 0 Å². The number of hydrogen-bond donors (Lipinski definition) is 1. The van der Waals surface area contributed by atoms with E-state index in [0.29, 0.717) is 42.8 Å². The highest BCUT2D eigenvalue weighted by atomic mass is 28.2. The molecule has 0 aromatic carbocycles. The summed E-state index contributed by atoms with van der Waals surface area (Å²) in [6.07, 6.45) is 1.03. The molecule has 6 heteroatoms. The molecule has 0 aliphatic heterocycles. The van der Waals surface area contributed by atoms with E-state index in [2.05, 4.69) is 0 Å². The van der Waals surface area contributed by atoms with Crippen LogP contribution in [-0.4, -0.2) is 68.2 Å². The highest BCUT2D eigenvalue weighted by molar-refractivity contribution is 6.26. The van der Waals surface area contributed by atoms with Crippen molar-refractivity contribution >= 4 is 9.76 Å². The van der Waals surface area contributed by atoms with Crippen molar-refractivity contribution in [1.29, 1.82) is 0 Å². The molecule has 0 aromatic heterocycles. The first kappa shape index (κ1) is 16.0. The first-order valence-corrected chi connectivity index (χ1v) is 6.63. The SMILES string of the molecule is CO[Si]CCCOCCOCCOCCO. The van der Waals surface area contributed by atoms with Crippen molar-refractivity contribution in [3.63, 3.8) is 0 Å². The summed E-state index contributed by atoms with van der Waals surface area (Å²) in [6.45, 7) is 3.49. The summed E-state index contributed by atoms with van der Waals surface area (Å²) in [6, 6.07) is 1.06. The van der Waals surface area contributed by atoms with Crippen LogP contribution in [0.25, 0.3) is 0 Å². The van der Waals surface area contributed by atoms with Crippen molar-refractivity contribution in [2.45, 2.75) is 12.5 Å². The fourth-order valence-corrected chi connectivity index (χ4v) is 1.45. The van der Waals surface area contributed by atoms with Crippen molar-refractivity contribution in [2.24, 2.45) is 0 Å². The van der Waals surface area contributed by atoms with Gasteiger partial charge < -0.3 is 23.7 Å². The molecule has 0 atom stereocenters. The molecule has 0 rings (SSSR count). The first-order chi connectivity index (χ1) is 7.91. The molecular formula is C10H22O5Si. The predicted octanol–water partition coefficient (Wildman–Crippen LogP) is 0.102. The Morgan fingerprint density at radius 1 is 0.875 bits per heavy atom. The summed E-state index contributed by atoms with van der Waals surface area (Å²) in [7, 11) is 2.29. The molecule has 0 bridgehead atoms. The van der Waals surface area contributed by atoms with Crippen molar-refractivity contribution in [1.82, 2.24) is 0 Å². The number of rotatable bonds is 13. The topological polar surface area (TPSA) is 57.2 Å². The third-order valence-corrected chi connectivity index (χ3v) is 2.54. The minimum absolute atomic E-state index is 0.0608. The molecule has 2 radical (unpaired) electrons. The van der Waals surface area contributed by atoms with Crippen LogP contribution in [-0.2, 0) is 18.6 Å². The summed E-state index contributed by atoms with van der Waals surface area (Å²) in [4.78, 5) is 0. The first-order valence-electron chi connectivity index (χ1n) is 5.51. The third kappa shape index (κ3) is 14.0. The Kier molecular flexibility index (Phi) is 15.0. The van der Waals surface area contributed by atoms with E-state index < -0.39 is 0 Å². The second kappa shape index (κ2) is 15.0. The van der Waals surface area contributed by atoms with Crippen LogP contribution in [0.5, 0.6) is 0 Å². The maximum atomic E-state index is 8.43. The van der Waals surface area contributed by atoms with Crippen molar-refractivity contribution < 1.29 is 23.7 Å². The molecule has 0 saturated heterocycles. The molecule has 0 unspecified atom stereocenters. The van der Waals surface area contributed by atoms with E-state index in [1.54, 1.807) is 7.11 Å². The lowest BCUT2D eigenvalue weighted by atomic mass is 10.5. The number of ether oxygens (including phenoxy) is 3. The van der Waals surface area contributed by atoms with E-state index in [1.807, 2.05) is 0 Å². The summed E-state index contributed by atoms with van der Waals surface area (Å²) < 4.78 is 20.6. The quantitative estimate of drug-likeness (QED) is 0.371. The van der Waals surface area contributed by atoms with Gasteiger partial charge in [-0.25, -0.2) is 0 Å². The molecule has 5 nitrogen and oxygen atoms in total. The van der Waals surface area contributed by atoms with E-state index in [0.717, 1.165) is 19.1 Å². The van der Waals surface area contributed by atoms with Gasteiger partial charge in [-0.1, -0.05) is 0 Å². The Bertz CT molecular complexity index is 112. The average Bonchev–Trinajstić information content (AvgIpc) is 2.31. The van der Waals surface area contributed by atoms with Crippen LogP contribution in [0.2, 0.25) is 6.04 Å². The third-order valence-electron chi connectivity index (χ3n) is 1.69. The molecule has 0 aliphatic rings. The van der Waals surface area contributed by atoms with Crippen LogP contribution in [0, 0.1) is 0 Å².